The topological polar surface area (TPSA) is 69.0 Å². The zero-order valence-electron chi connectivity index (χ0n) is 15.0. The maximum Gasteiger partial charge on any atom is 0.412 e. The van der Waals surface area contributed by atoms with E-state index < -0.39 is 17.8 Å². The van der Waals surface area contributed by atoms with Crippen molar-refractivity contribution in [3.05, 3.63) is 41.7 Å². The molecule has 25 heavy (non-hydrogen) atoms. The first kappa shape index (κ1) is 17.4. The molecule has 1 aromatic carbocycles. The third-order valence-electron chi connectivity index (χ3n) is 4.22. The summed E-state index contributed by atoms with van der Waals surface area (Å²) in [6.45, 7) is 5.46. The highest BCUT2D eigenvalue weighted by Gasteiger charge is 2.45. The number of aromatic nitrogens is 3. The molecule has 0 radical (unpaired) electrons. The van der Waals surface area contributed by atoms with Gasteiger partial charge in [-0.15, -0.1) is 0 Å². The zero-order valence-corrected chi connectivity index (χ0v) is 15.0. The van der Waals surface area contributed by atoms with Gasteiger partial charge in [-0.3, -0.25) is 5.32 Å². The minimum Gasteiger partial charge on any atom is -0.444 e. The summed E-state index contributed by atoms with van der Waals surface area (Å²) in [4.78, 5) is 15.8. The lowest BCUT2D eigenvalue weighted by atomic mass is 9.92. The minimum absolute atomic E-state index is 0.0839. The Bertz CT molecular complexity index is 771. The number of amides is 1. The van der Waals surface area contributed by atoms with E-state index in [1.807, 2.05) is 45.0 Å². The van der Waals surface area contributed by atoms with Gasteiger partial charge in [0.2, 0.25) is 0 Å². The number of benzene rings is 1. The maximum atomic E-state index is 13.4. The van der Waals surface area contributed by atoms with Gasteiger partial charge in [0.25, 0.3) is 0 Å². The number of aryl methyl sites for hydroxylation is 1. The Labute approximate surface area is 146 Å². The number of rotatable bonds is 4. The summed E-state index contributed by atoms with van der Waals surface area (Å²) >= 11 is 0. The molecule has 1 heterocycles. The second-order valence-corrected chi connectivity index (χ2v) is 7.59. The first-order chi connectivity index (χ1) is 11.7. The first-order valence-electron chi connectivity index (χ1n) is 8.33. The zero-order chi connectivity index (χ0) is 18.2. The van der Waals surface area contributed by atoms with Crippen molar-refractivity contribution >= 4 is 11.8 Å². The van der Waals surface area contributed by atoms with Crippen LogP contribution in [0.15, 0.2) is 24.3 Å². The third-order valence-corrected chi connectivity index (χ3v) is 4.22. The minimum atomic E-state index is -0.578. The van der Waals surface area contributed by atoms with Crippen molar-refractivity contribution in [1.82, 2.24) is 14.8 Å². The van der Waals surface area contributed by atoms with Crippen LogP contribution < -0.4 is 5.32 Å². The quantitative estimate of drug-likeness (QED) is 0.919. The monoisotopic (exact) mass is 346 g/mol. The first-order valence-corrected chi connectivity index (χ1v) is 8.33. The summed E-state index contributed by atoms with van der Waals surface area (Å²) in [5.74, 6) is 0.503. The van der Waals surface area contributed by atoms with Gasteiger partial charge in [0.05, 0.1) is 0 Å². The number of ether oxygens (including phenoxy) is 1. The Hall–Kier alpha value is -2.44. The van der Waals surface area contributed by atoms with Crippen LogP contribution in [0.2, 0.25) is 0 Å². The predicted molar refractivity (Wildman–Crippen MR) is 91.9 cm³/mol. The Morgan fingerprint density at radius 3 is 2.68 bits per heavy atom. The van der Waals surface area contributed by atoms with Crippen molar-refractivity contribution in [2.24, 2.45) is 7.05 Å². The molecule has 1 N–H and O–H groups in total. The fourth-order valence-electron chi connectivity index (χ4n) is 2.86. The van der Waals surface area contributed by atoms with Crippen molar-refractivity contribution in [1.29, 1.82) is 0 Å². The summed E-state index contributed by atoms with van der Waals surface area (Å²) in [5, 5.41) is 6.87. The fourth-order valence-corrected chi connectivity index (χ4v) is 2.86. The molecule has 0 saturated heterocycles. The van der Waals surface area contributed by atoms with Crippen molar-refractivity contribution in [2.75, 3.05) is 5.32 Å². The highest BCUT2D eigenvalue weighted by atomic mass is 19.1. The van der Waals surface area contributed by atoms with E-state index >= 15 is 0 Å². The van der Waals surface area contributed by atoms with Crippen molar-refractivity contribution in [3.63, 3.8) is 0 Å². The predicted octanol–water partition coefficient (Wildman–Crippen LogP) is 3.58. The average molecular weight is 346 g/mol. The molecule has 1 aliphatic carbocycles. The molecule has 0 spiro atoms. The molecule has 0 atom stereocenters. The molecule has 7 heteroatoms. The van der Waals surface area contributed by atoms with Gasteiger partial charge in [0.15, 0.2) is 5.82 Å². The highest BCUT2D eigenvalue weighted by molar-refractivity contribution is 5.85. The number of carbonyl (C=O) groups excluding carboxylic acids is 1. The van der Waals surface area contributed by atoms with Crippen LogP contribution in [0.25, 0.3) is 0 Å². The Kier molecular flexibility index (Phi) is 4.26. The lowest BCUT2D eigenvalue weighted by molar-refractivity contribution is 0.0636. The van der Waals surface area contributed by atoms with E-state index in [0.29, 0.717) is 17.9 Å². The van der Waals surface area contributed by atoms with Crippen LogP contribution in [0.1, 0.15) is 45.0 Å². The number of hydrogen-bond acceptors (Lipinski definition) is 4. The molecule has 1 aliphatic rings. The normalized spacial score (nSPS) is 15.7. The van der Waals surface area contributed by atoms with E-state index in [9.17, 15) is 9.18 Å². The van der Waals surface area contributed by atoms with Gasteiger partial charge >= 0.3 is 12.2 Å². The van der Waals surface area contributed by atoms with Gasteiger partial charge in [-0.2, -0.15) is 14.5 Å². The fraction of sp³-hybridized carbons (Fsp3) is 0.500. The Balaban J connectivity index is 1.73. The number of nitrogens with zero attached hydrogens (tertiary/aromatic N) is 3. The van der Waals surface area contributed by atoms with E-state index in [0.717, 1.165) is 23.1 Å². The average Bonchev–Trinajstić information content (AvgIpc) is 3.19. The molecule has 2 aromatic rings. The summed E-state index contributed by atoms with van der Waals surface area (Å²) in [5.41, 5.74) is 1.14. The number of halogens is 1. The lowest BCUT2D eigenvalue weighted by Crippen LogP contribution is -2.27. The van der Waals surface area contributed by atoms with Crippen molar-refractivity contribution < 1.29 is 13.9 Å². The molecule has 0 unspecified atom stereocenters. The van der Waals surface area contributed by atoms with Crippen LogP contribution in [-0.4, -0.2) is 26.5 Å². The lowest BCUT2D eigenvalue weighted by Gasteiger charge is -2.20. The standard InChI is InChI=1S/C18H23FN4O2/c1-17(2,3)25-16(24)20-13-7-5-6-12(10-13)18(8-9-18)11-14-21-15(19)23(4)22-14/h5-7,10H,8-9,11H2,1-4H3,(H,20,24). The second kappa shape index (κ2) is 6.13. The van der Waals surface area contributed by atoms with Crippen molar-refractivity contribution in [3.8, 4) is 0 Å². The summed E-state index contributed by atoms with van der Waals surface area (Å²) < 4.78 is 19.8. The van der Waals surface area contributed by atoms with Gasteiger partial charge in [-0.05, 0) is 51.3 Å². The third kappa shape index (κ3) is 4.15. The highest BCUT2D eigenvalue weighted by Crippen LogP contribution is 2.50. The van der Waals surface area contributed by atoms with Crippen LogP contribution in [0, 0.1) is 6.08 Å². The largest absolute Gasteiger partial charge is 0.444 e. The van der Waals surface area contributed by atoms with Crippen LogP contribution in [0.3, 0.4) is 0 Å². The Morgan fingerprint density at radius 1 is 1.40 bits per heavy atom. The molecule has 134 valence electrons. The van der Waals surface area contributed by atoms with Gasteiger partial charge in [0, 0.05) is 24.6 Å². The molecular weight excluding hydrogens is 323 g/mol. The summed E-state index contributed by atoms with van der Waals surface area (Å²) in [6.07, 6.45) is 1.50. The molecule has 1 fully saturated rings. The van der Waals surface area contributed by atoms with E-state index in [2.05, 4.69) is 15.4 Å². The van der Waals surface area contributed by atoms with Crippen molar-refractivity contribution in [2.45, 2.75) is 51.0 Å². The number of carbonyl (C=O) groups is 1. The number of hydrogen-bond donors (Lipinski definition) is 1. The summed E-state index contributed by atoms with van der Waals surface area (Å²) in [6, 6.07) is 7.68. The molecule has 0 aliphatic heterocycles. The van der Waals surface area contributed by atoms with Gasteiger partial charge in [0.1, 0.15) is 5.60 Å². The van der Waals surface area contributed by atoms with E-state index in [1.54, 1.807) is 0 Å². The van der Waals surface area contributed by atoms with E-state index in [-0.39, 0.29) is 5.41 Å². The molecular formula is C18H23FN4O2. The van der Waals surface area contributed by atoms with E-state index in [4.69, 9.17) is 4.74 Å². The summed E-state index contributed by atoms with van der Waals surface area (Å²) in [7, 11) is 1.54. The smallest absolute Gasteiger partial charge is 0.412 e. The molecule has 0 bridgehead atoms. The number of anilines is 1. The van der Waals surface area contributed by atoms with Crippen LogP contribution in [0.4, 0.5) is 14.9 Å². The molecule has 1 amide bonds. The van der Waals surface area contributed by atoms with Gasteiger partial charge in [-0.25, -0.2) is 9.48 Å². The SMILES string of the molecule is Cn1nc(CC2(c3cccc(NC(=O)OC(C)(C)C)c3)CC2)nc1F. The van der Waals surface area contributed by atoms with Crippen LogP contribution in [0.5, 0.6) is 0 Å². The number of nitrogens with one attached hydrogen (secondary N) is 1. The van der Waals surface area contributed by atoms with Gasteiger partial charge in [-0.1, -0.05) is 12.1 Å². The van der Waals surface area contributed by atoms with E-state index in [1.165, 1.54) is 7.05 Å². The molecule has 1 saturated carbocycles. The van der Waals surface area contributed by atoms with Crippen LogP contribution >= 0.6 is 0 Å². The maximum absolute atomic E-state index is 13.4. The van der Waals surface area contributed by atoms with Crippen LogP contribution in [-0.2, 0) is 23.6 Å². The molecule has 6 nitrogen and oxygen atoms in total. The van der Waals surface area contributed by atoms with Gasteiger partial charge < -0.3 is 4.74 Å². The Morgan fingerprint density at radius 2 is 2.12 bits per heavy atom. The molecule has 3 rings (SSSR count). The molecule has 1 aromatic heterocycles. The second-order valence-electron chi connectivity index (χ2n) is 7.59.